The smallest absolute Gasteiger partial charge is 0.322 e. The third-order valence-electron chi connectivity index (χ3n) is 5.16. The highest BCUT2D eigenvalue weighted by Crippen LogP contribution is 2.39. The molecule has 2 aromatic heterocycles. The van der Waals surface area contributed by atoms with Crippen LogP contribution in [0.5, 0.6) is 11.5 Å². The zero-order valence-electron chi connectivity index (χ0n) is 16.2. The number of pyridine rings is 1. The number of aromatic amines is 1. The maximum absolute atomic E-state index is 13.0. The Bertz CT molecular complexity index is 1020. The van der Waals surface area contributed by atoms with Crippen LogP contribution < -0.4 is 14.8 Å². The molecular formula is C20H23N5O3. The van der Waals surface area contributed by atoms with E-state index in [1.807, 2.05) is 36.1 Å². The standard InChI is InChI=1S/C20H23N5O3/c1-12-15-9-13(11-21-19(15)24-23-12)22-20(26)25-8-4-5-17(25)16-10-14(27-2)6-7-18(16)28-3/h6-7,9-11,17H,4-5,8H2,1-3H3,(H,22,26)(H,21,23,24). The maximum Gasteiger partial charge on any atom is 0.322 e. The molecule has 8 heteroatoms. The molecule has 146 valence electrons. The highest BCUT2D eigenvalue weighted by atomic mass is 16.5. The topological polar surface area (TPSA) is 92.4 Å². The highest BCUT2D eigenvalue weighted by Gasteiger charge is 2.32. The van der Waals surface area contributed by atoms with Gasteiger partial charge in [-0.3, -0.25) is 5.10 Å². The van der Waals surface area contributed by atoms with Gasteiger partial charge < -0.3 is 19.7 Å². The second-order valence-electron chi connectivity index (χ2n) is 6.83. The molecule has 1 aliphatic rings. The number of methoxy groups -OCH3 is 2. The van der Waals surface area contributed by atoms with Crippen molar-refractivity contribution in [2.75, 3.05) is 26.1 Å². The number of hydrogen-bond donors (Lipinski definition) is 2. The molecule has 28 heavy (non-hydrogen) atoms. The predicted molar refractivity (Wildman–Crippen MR) is 106 cm³/mol. The Morgan fingerprint density at radius 2 is 2.14 bits per heavy atom. The Hall–Kier alpha value is -3.29. The Balaban J connectivity index is 1.59. The summed E-state index contributed by atoms with van der Waals surface area (Å²) in [6.45, 7) is 2.60. The number of urea groups is 1. The lowest BCUT2D eigenvalue weighted by Crippen LogP contribution is -2.34. The molecule has 0 radical (unpaired) electrons. The summed E-state index contributed by atoms with van der Waals surface area (Å²) in [6.07, 6.45) is 3.42. The van der Waals surface area contributed by atoms with Crippen LogP contribution in [-0.2, 0) is 0 Å². The summed E-state index contributed by atoms with van der Waals surface area (Å²) >= 11 is 0. The van der Waals surface area contributed by atoms with Gasteiger partial charge in [-0.2, -0.15) is 5.10 Å². The first-order chi connectivity index (χ1) is 13.6. The second-order valence-corrected chi connectivity index (χ2v) is 6.83. The molecular weight excluding hydrogens is 358 g/mol. The number of carbonyl (C=O) groups is 1. The minimum absolute atomic E-state index is 0.0719. The van der Waals surface area contributed by atoms with Gasteiger partial charge in [-0.1, -0.05) is 0 Å². The lowest BCUT2D eigenvalue weighted by molar-refractivity contribution is 0.206. The first-order valence-electron chi connectivity index (χ1n) is 9.21. The molecule has 1 aliphatic heterocycles. The molecule has 1 fully saturated rings. The minimum Gasteiger partial charge on any atom is -0.497 e. The zero-order chi connectivity index (χ0) is 19.7. The fourth-order valence-electron chi connectivity index (χ4n) is 3.72. The van der Waals surface area contributed by atoms with Crippen molar-refractivity contribution in [3.05, 3.63) is 41.7 Å². The monoisotopic (exact) mass is 381 g/mol. The van der Waals surface area contributed by atoms with Crippen molar-refractivity contribution in [1.82, 2.24) is 20.1 Å². The van der Waals surface area contributed by atoms with Gasteiger partial charge in [0.05, 0.1) is 32.1 Å². The predicted octanol–water partition coefficient (Wildman–Crippen LogP) is 3.65. The van der Waals surface area contributed by atoms with E-state index in [2.05, 4.69) is 20.5 Å². The van der Waals surface area contributed by atoms with Crippen LogP contribution in [0.25, 0.3) is 11.0 Å². The fourth-order valence-corrected chi connectivity index (χ4v) is 3.72. The van der Waals surface area contributed by atoms with Crippen molar-refractivity contribution in [1.29, 1.82) is 0 Å². The number of nitrogens with zero attached hydrogens (tertiary/aromatic N) is 3. The number of rotatable bonds is 4. The van der Waals surface area contributed by atoms with Crippen molar-refractivity contribution in [2.45, 2.75) is 25.8 Å². The average molecular weight is 381 g/mol. The molecule has 1 atom stereocenters. The van der Waals surface area contributed by atoms with E-state index in [0.29, 0.717) is 17.9 Å². The quantitative estimate of drug-likeness (QED) is 0.720. The molecule has 3 heterocycles. The molecule has 3 aromatic rings. The van der Waals surface area contributed by atoms with Gasteiger partial charge in [0.15, 0.2) is 5.65 Å². The Kier molecular flexibility index (Phi) is 4.77. The number of anilines is 1. The normalized spacial score (nSPS) is 16.4. The SMILES string of the molecule is COc1ccc(OC)c(C2CCCN2C(=O)Nc2cnc3n[nH]c(C)c3c2)c1. The number of aryl methyl sites for hydroxylation is 1. The lowest BCUT2D eigenvalue weighted by atomic mass is 10.0. The van der Waals surface area contributed by atoms with Crippen LogP contribution >= 0.6 is 0 Å². The number of aromatic nitrogens is 3. The van der Waals surface area contributed by atoms with Gasteiger partial charge >= 0.3 is 6.03 Å². The van der Waals surface area contributed by atoms with Gasteiger partial charge in [0.2, 0.25) is 0 Å². The molecule has 0 spiro atoms. The van der Waals surface area contributed by atoms with E-state index >= 15 is 0 Å². The Morgan fingerprint density at radius 1 is 1.29 bits per heavy atom. The lowest BCUT2D eigenvalue weighted by Gasteiger charge is -2.26. The zero-order valence-corrected chi connectivity index (χ0v) is 16.2. The molecule has 1 aromatic carbocycles. The molecule has 4 rings (SSSR count). The van der Waals surface area contributed by atoms with Crippen LogP contribution in [0.2, 0.25) is 0 Å². The van der Waals surface area contributed by atoms with E-state index in [-0.39, 0.29) is 12.1 Å². The van der Waals surface area contributed by atoms with Crippen LogP contribution in [0.15, 0.2) is 30.5 Å². The van der Waals surface area contributed by atoms with Crippen molar-refractivity contribution in [2.24, 2.45) is 0 Å². The van der Waals surface area contributed by atoms with Crippen molar-refractivity contribution in [3.63, 3.8) is 0 Å². The summed E-state index contributed by atoms with van der Waals surface area (Å²) in [7, 11) is 3.27. The van der Waals surface area contributed by atoms with Crippen molar-refractivity contribution < 1.29 is 14.3 Å². The summed E-state index contributed by atoms with van der Waals surface area (Å²) in [4.78, 5) is 19.1. The number of likely N-dealkylation sites (tertiary alicyclic amines) is 1. The van der Waals surface area contributed by atoms with Gasteiger partial charge in [0, 0.05) is 23.2 Å². The summed E-state index contributed by atoms with van der Waals surface area (Å²) in [5, 5.41) is 10.9. The van der Waals surface area contributed by atoms with E-state index in [4.69, 9.17) is 9.47 Å². The van der Waals surface area contributed by atoms with Crippen molar-refractivity contribution >= 4 is 22.8 Å². The number of nitrogens with one attached hydrogen (secondary N) is 2. The maximum atomic E-state index is 13.0. The molecule has 0 bridgehead atoms. The van der Waals surface area contributed by atoms with E-state index in [9.17, 15) is 4.79 Å². The third-order valence-corrected chi connectivity index (χ3v) is 5.16. The number of ether oxygens (including phenoxy) is 2. The van der Waals surface area contributed by atoms with Gasteiger partial charge in [-0.05, 0) is 44.0 Å². The fraction of sp³-hybridized carbons (Fsp3) is 0.350. The molecule has 8 nitrogen and oxygen atoms in total. The van der Waals surface area contributed by atoms with Gasteiger partial charge in [0.25, 0.3) is 0 Å². The number of fused-ring (bicyclic) bond motifs is 1. The minimum atomic E-state index is -0.158. The molecule has 0 aliphatic carbocycles. The number of carbonyl (C=O) groups excluding carboxylic acids is 1. The largest absolute Gasteiger partial charge is 0.497 e. The van der Waals surface area contributed by atoms with E-state index in [1.54, 1.807) is 20.4 Å². The number of benzene rings is 1. The first kappa shape index (κ1) is 18.1. The Labute approximate surface area is 162 Å². The van der Waals surface area contributed by atoms with Crippen LogP contribution in [-0.4, -0.2) is 46.9 Å². The molecule has 0 saturated carbocycles. The summed E-state index contributed by atoms with van der Waals surface area (Å²) in [5.74, 6) is 1.50. The third kappa shape index (κ3) is 3.21. The molecule has 1 unspecified atom stereocenters. The van der Waals surface area contributed by atoms with E-state index < -0.39 is 0 Å². The van der Waals surface area contributed by atoms with Crippen LogP contribution in [0, 0.1) is 6.92 Å². The molecule has 2 N–H and O–H groups in total. The van der Waals surface area contributed by atoms with Crippen LogP contribution in [0.1, 0.15) is 30.1 Å². The molecule has 1 saturated heterocycles. The van der Waals surface area contributed by atoms with Crippen LogP contribution in [0.4, 0.5) is 10.5 Å². The number of H-pyrrole nitrogens is 1. The summed E-state index contributed by atoms with van der Waals surface area (Å²) in [5.41, 5.74) is 3.15. The number of hydrogen-bond acceptors (Lipinski definition) is 5. The van der Waals surface area contributed by atoms with Gasteiger partial charge in [-0.25, -0.2) is 9.78 Å². The van der Waals surface area contributed by atoms with Crippen molar-refractivity contribution in [3.8, 4) is 11.5 Å². The second kappa shape index (κ2) is 7.38. The van der Waals surface area contributed by atoms with E-state index in [0.717, 1.165) is 41.0 Å². The summed E-state index contributed by atoms with van der Waals surface area (Å²) < 4.78 is 10.9. The average Bonchev–Trinajstić information content (AvgIpc) is 3.35. The number of amides is 2. The van der Waals surface area contributed by atoms with Gasteiger partial charge in [-0.15, -0.1) is 0 Å². The summed E-state index contributed by atoms with van der Waals surface area (Å²) in [6, 6.07) is 7.33. The highest BCUT2D eigenvalue weighted by molar-refractivity contribution is 5.92. The van der Waals surface area contributed by atoms with E-state index in [1.165, 1.54) is 0 Å². The Morgan fingerprint density at radius 3 is 2.93 bits per heavy atom. The van der Waals surface area contributed by atoms with Gasteiger partial charge in [0.1, 0.15) is 11.5 Å². The molecule has 2 amide bonds. The van der Waals surface area contributed by atoms with Crippen LogP contribution in [0.3, 0.4) is 0 Å². The first-order valence-corrected chi connectivity index (χ1v) is 9.21.